The molecule has 6 heteroatoms. The van der Waals surface area contributed by atoms with Crippen LogP contribution in [0.5, 0.6) is 0 Å². The van der Waals surface area contributed by atoms with Crippen molar-refractivity contribution in [1.29, 1.82) is 0 Å². The second-order valence-corrected chi connectivity index (χ2v) is 8.22. The third-order valence-corrected chi connectivity index (χ3v) is 6.31. The molecular formula is C13H20N2O2S2. The molecule has 1 unspecified atom stereocenters. The Morgan fingerprint density at radius 1 is 1.32 bits per heavy atom. The molecule has 0 saturated carbocycles. The number of hydrogen-bond acceptors (Lipinski definition) is 4. The molecule has 0 bridgehead atoms. The summed E-state index contributed by atoms with van der Waals surface area (Å²) in [5.74, 6) is 3.21. The average Bonchev–Trinajstić information content (AvgIpc) is 2.90. The van der Waals surface area contributed by atoms with Crippen LogP contribution in [0.4, 0.5) is 5.69 Å². The minimum Gasteiger partial charge on any atom is -0.385 e. The van der Waals surface area contributed by atoms with Crippen molar-refractivity contribution in [2.24, 2.45) is 5.92 Å². The van der Waals surface area contributed by atoms with Crippen LogP contribution in [-0.4, -0.2) is 44.9 Å². The second-order valence-electron chi connectivity index (χ2n) is 4.92. The predicted molar refractivity (Wildman–Crippen MR) is 81.2 cm³/mol. The molecule has 1 aromatic carbocycles. The molecule has 0 aromatic heterocycles. The first-order valence-electron chi connectivity index (χ1n) is 6.34. The lowest BCUT2D eigenvalue weighted by molar-refractivity contribution is 0.521. The minimum atomic E-state index is -3.32. The molecule has 1 aromatic rings. The number of sulfonamides is 1. The van der Waals surface area contributed by atoms with E-state index in [9.17, 15) is 8.42 Å². The average molecular weight is 300 g/mol. The first-order chi connectivity index (χ1) is 9.00. The Balaban J connectivity index is 1.98. The smallest absolute Gasteiger partial charge is 0.242 e. The zero-order valence-electron chi connectivity index (χ0n) is 11.3. The van der Waals surface area contributed by atoms with E-state index in [1.807, 2.05) is 23.9 Å². The van der Waals surface area contributed by atoms with Crippen LogP contribution in [0.15, 0.2) is 29.2 Å². The highest BCUT2D eigenvalue weighted by Crippen LogP contribution is 2.24. The molecule has 0 aliphatic carbocycles. The molecule has 106 valence electrons. The summed E-state index contributed by atoms with van der Waals surface area (Å²) in [5, 5.41) is 3.37. The fourth-order valence-corrected chi connectivity index (χ4v) is 4.15. The summed E-state index contributed by atoms with van der Waals surface area (Å²) in [6.07, 6.45) is 1.27. The summed E-state index contributed by atoms with van der Waals surface area (Å²) in [6.45, 7) is 0.965. The molecule has 1 aliphatic rings. The van der Waals surface area contributed by atoms with E-state index in [1.54, 1.807) is 26.2 Å². The van der Waals surface area contributed by atoms with Gasteiger partial charge in [-0.1, -0.05) is 0 Å². The van der Waals surface area contributed by atoms with Gasteiger partial charge in [0.1, 0.15) is 0 Å². The lowest BCUT2D eigenvalue weighted by Gasteiger charge is -2.13. The van der Waals surface area contributed by atoms with Crippen LogP contribution in [0.2, 0.25) is 0 Å². The van der Waals surface area contributed by atoms with E-state index < -0.39 is 10.0 Å². The fourth-order valence-electron chi connectivity index (χ4n) is 1.96. The third-order valence-electron chi connectivity index (χ3n) is 3.25. The molecule has 1 atom stereocenters. The Bertz CT molecular complexity index is 506. The summed E-state index contributed by atoms with van der Waals surface area (Å²) in [7, 11) is -0.240. The van der Waals surface area contributed by atoms with E-state index in [0.29, 0.717) is 4.90 Å². The van der Waals surface area contributed by atoms with E-state index in [2.05, 4.69) is 5.32 Å². The molecule has 0 amide bonds. The summed E-state index contributed by atoms with van der Waals surface area (Å²) in [4.78, 5) is 0.333. The van der Waals surface area contributed by atoms with Gasteiger partial charge in [0, 0.05) is 26.3 Å². The topological polar surface area (TPSA) is 49.4 Å². The van der Waals surface area contributed by atoms with Crippen molar-refractivity contribution >= 4 is 27.5 Å². The SMILES string of the molecule is CN(C)S(=O)(=O)c1ccc(NCC2CCSC2)cc1. The number of anilines is 1. The van der Waals surface area contributed by atoms with Gasteiger partial charge in [-0.3, -0.25) is 0 Å². The highest BCUT2D eigenvalue weighted by molar-refractivity contribution is 7.99. The maximum atomic E-state index is 11.9. The van der Waals surface area contributed by atoms with Crippen LogP contribution in [0.1, 0.15) is 6.42 Å². The predicted octanol–water partition coefficient (Wildman–Crippen LogP) is 2.10. The quantitative estimate of drug-likeness (QED) is 0.905. The van der Waals surface area contributed by atoms with Gasteiger partial charge < -0.3 is 5.32 Å². The zero-order valence-corrected chi connectivity index (χ0v) is 12.9. The van der Waals surface area contributed by atoms with Crippen LogP contribution in [0.3, 0.4) is 0 Å². The molecule has 1 heterocycles. The van der Waals surface area contributed by atoms with Crippen molar-refractivity contribution in [2.45, 2.75) is 11.3 Å². The Kier molecular flexibility index (Phi) is 4.76. The Hall–Kier alpha value is -0.720. The number of nitrogens with one attached hydrogen (secondary N) is 1. The van der Waals surface area contributed by atoms with Gasteiger partial charge in [-0.05, 0) is 48.1 Å². The first kappa shape index (κ1) is 14.7. The van der Waals surface area contributed by atoms with E-state index in [1.165, 1.54) is 22.2 Å². The molecule has 1 fully saturated rings. The van der Waals surface area contributed by atoms with Crippen molar-refractivity contribution in [3.63, 3.8) is 0 Å². The van der Waals surface area contributed by atoms with Crippen LogP contribution in [-0.2, 0) is 10.0 Å². The van der Waals surface area contributed by atoms with E-state index >= 15 is 0 Å². The van der Waals surface area contributed by atoms with E-state index in [0.717, 1.165) is 18.2 Å². The van der Waals surface area contributed by atoms with Crippen molar-refractivity contribution in [2.75, 3.05) is 37.5 Å². The Morgan fingerprint density at radius 2 is 2.00 bits per heavy atom. The molecule has 0 spiro atoms. The number of nitrogens with zero attached hydrogens (tertiary/aromatic N) is 1. The standard InChI is InChI=1S/C13H20N2O2S2/c1-15(2)19(16,17)13-5-3-12(4-6-13)14-9-11-7-8-18-10-11/h3-6,11,14H,7-10H2,1-2H3. The highest BCUT2D eigenvalue weighted by Gasteiger charge is 2.17. The lowest BCUT2D eigenvalue weighted by atomic mass is 10.1. The van der Waals surface area contributed by atoms with Gasteiger partial charge in [0.25, 0.3) is 0 Å². The van der Waals surface area contributed by atoms with Gasteiger partial charge in [-0.2, -0.15) is 11.8 Å². The third kappa shape index (κ3) is 3.64. The Morgan fingerprint density at radius 3 is 2.53 bits per heavy atom. The number of rotatable bonds is 5. The van der Waals surface area contributed by atoms with Gasteiger partial charge >= 0.3 is 0 Å². The van der Waals surface area contributed by atoms with E-state index in [4.69, 9.17) is 0 Å². The van der Waals surface area contributed by atoms with Gasteiger partial charge in [-0.15, -0.1) is 0 Å². The summed E-state index contributed by atoms with van der Waals surface area (Å²) in [5.41, 5.74) is 0.981. The van der Waals surface area contributed by atoms with Crippen molar-refractivity contribution < 1.29 is 8.42 Å². The molecule has 4 nitrogen and oxygen atoms in total. The zero-order chi connectivity index (χ0) is 13.9. The molecule has 19 heavy (non-hydrogen) atoms. The Labute approximate surface area is 119 Å². The summed E-state index contributed by atoms with van der Waals surface area (Å²) in [6, 6.07) is 6.97. The molecule has 0 radical (unpaired) electrons. The van der Waals surface area contributed by atoms with Crippen molar-refractivity contribution in [1.82, 2.24) is 4.31 Å². The van der Waals surface area contributed by atoms with Gasteiger partial charge in [0.15, 0.2) is 0 Å². The molecule has 2 rings (SSSR count). The summed E-state index contributed by atoms with van der Waals surface area (Å²) < 4.78 is 25.1. The van der Waals surface area contributed by atoms with Crippen molar-refractivity contribution in [3.05, 3.63) is 24.3 Å². The van der Waals surface area contributed by atoms with Crippen molar-refractivity contribution in [3.8, 4) is 0 Å². The van der Waals surface area contributed by atoms with Crippen LogP contribution < -0.4 is 5.32 Å². The number of benzene rings is 1. The minimum absolute atomic E-state index is 0.333. The molecule has 1 N–H and O–H groups in total. The lowest BCUT2D eigenvalue weighted by Crippen LogP contribution is -2.22. The van der Waals surface area contributed by atoms with E-state index in [-0.39, 0.29) is 0 Å². The second kappa shape index (κ2) is 6.15. The fraction of sp³-hybridized carbons (Fsp3) is 0.538. The number of hydrogen-bond donors (Lipinski definition) is 1. The first-order valence-corrected chi connectivity index (χ1v) is 8.94. The molecule has 1 saturated heterocycles. The normalized spacial score (nSPS) is 19.8. The van der Waals surface area contributed by atoms with Gasteiger partial charge in [-0.25, -0.2) is 12.7 Å². The molecule has 1 aliphatic heterocycles. The maximum absolute atomic E-state index is 11.9. The van der Waals surface area contributed by atoms with Gasteiger partial charge in [0.05, 0.1) is 4.90 Å². The molecular weight excluding hydrogens is 280 g/mol. The summed E-state index contributed by atoms with van der Waals surface area (Å²) >= 11 is 2.00. The van der Waals surface area contributed by atoms with Gasteiger partial charge in [0.2, 0.25) is 10.0 Å². The number of thioether (sulfide) groups is 1. The maximum Gasteiger partial charge on any atom is 0.242 e. The van der Waals surface area contributed by atoms with Crippen LogP contribution >= 0.6 is 11.8 Å². The monoisotopic (exact) mass is 300 g/mol. The van der Waals surface area contributed by atoms with Crippen LogP contribution in [0, 0.1) is 5.92 Å². The van der Waals surface area contributed by atoms with Crippen LogP contribution in [0.25, 0.3) is 0 Å². The highest BCUT2D eigenvalue weighted by atomic mass is 32.2. The largest absolute Gasteiger partial charge is 0.385 e.